The van der Waals surface area contributed by atoms with Crippen LogP contribution in [0.2, 0.25) is 0 Å². The molecule has 1 unspecified atom stereocenters. The first kappa shape index (κ1) is 18.0. The molecule has 0 radical (unpaired) electrons. The van der Waals surface area contributed by atoms with Crippen molar-refractivity contribution in [2.75, 3.05) is 25.0 Å². The number of benzene rings is 1. The fourth-order valence-corrected chi connectivity index (χ4v) is 2.54. The van der Waals surface area contributed by atoms with E-state index in [1.165, 1.54) is 29.2 Å². The SMILES string of the molecule is CCOC(=O)N1CCCC(C(=O)Nc2ccc(OC(F)F)cc2)C1. The number of anilines is 1. The number of alkyl halides is 2. The summed E-state index contributed by atoms with van der Waals surface area (Å²) in [6.45, 7) is 0.00758. The van der Waals surface area contributed by atoms with Gasteiger partial charge in [0.1, 0.15) is 5.75 Å². The maximum atomic E-state index is 12.3. The number of hydrogen-bond donors (Lipinski definition) is 1. The molecule has 0 spiro atoms. The summed E-state index contributed by atoms with van der Waals surface area (Å²) in [5.41, 5.74) is 0.481. The van der Waals surface area contributed by atoms with E-state index < -0.39 is 12.7 Å². The van der Waals surface area contributed by atoms with E-state index in [0.717, 1.165) is 6.42 Å². The number of carbonyl (C=O) groups is 2. The van der Waals surface area contributed by atoms with Gasteiger partial charge in [-0.25, -0.2) is 4.79 Å². The topological polar surface area (TPSA) is 67.9 Å². The van der Waals surface area contributed by atoms with Crippen LogP contribution >= 0.6 is 0 Å². The lowest BCUT2D eigenvalue weighted by Gasteiger charge is -2.31. The molecule has 132 valence electrons. The molecule has 1 heterocycles. The molecule has 0 aromatic heterocycles. The molecule has 8 heteroatoms. The van der Waals surface area contributed by atoms with Crippen molar-refractivity contribution in [1.82, 2.24) is 4.90 Å². The van der Waals surface area contributed by atoms with Crippen LogP contribution in [0, 0.1) is 5.92 Å². The first-order valence-corrected chi connectivity index (χ1v) is 7.77. The van der Waals surface area contributed by atoms with Crippen LogP contribution in [0.4, 0.5) is 19.3 Å². The number of halogens is 2. The second-order valence-corrected chi connectivity index (χ2v) is 5.38. The van der Waals surface area contributed by atoms with Gasteiger partial charge in [-0.3, -0.25) is 4.79 Å². The van der Waals surface area contributed by atoms with E-state index in [4.69, 9.17) is 4.74 Å². The number of rotatable bonds is 5. The fraction of sp³-hybridized carbons (Fsp3) is 0.500. The molecule has 2 amide bonds. The van der Waals surface area contributed by atoms with Crippen LogP contribution in [0.25, 0.3) is 0 Å². The number of carbonyl (C=O) groups excluding carboxylic acids is 2. The van der Waals surface area contributed by atoms with Crippen molar-refractivity contribution < 1.29 is 27.8 Å². The predicted molar refractivity (Wildman–Crippen MR) is 83.0 cm³/mol. The van der Waals surface area contributed by atoms with Crippen LogP contribution in [-0.4, -0.2) is 43.2 Å². The number of amides is 2. The summed E-state index contributed by atoms with van der Waals surface area (Å²) in [6.07, 6.45) is 0.982. The Kier molecular flexibility index (Phi) is 6.34. The number of ether oxygens (including phenoxy) is 2. The molecule has 6 nitrogen and oxygen atoms in total. The van der Waals surface area contributed by atoms with Crippen LogP contribution in [-0.2, 0) is 9.53 Å². The van der Waals surface area contributed by atoms with Gasteiger partial charge in [0.15, 0.2) is 0 Å². The summed E-state index contributed by atoms with van der Waals surface area (Å²) in [5, 5.41) is 2.72. The Morgan fingerprint density at radius 1 is 1.33 bits per heavy atom. The summed E-state index contributed by atoms with van der Waals surface area (Å²) in [4.78, 5) is 25.6. The standard InChI is InChI=1S/C16H20F2N2O4/c1-2-23-16(22)20-9-3-4-11(10-20)14(21)19-12-5-7-13(8-6-12)24-15(17)18/h5-8,11,15H,2-4,9-10H2,1H3,(H,19,21). The number of nitrogens with zero attached hydrogens (tertiary/aromatic N) is 1. The third-order valence-electron chi connectivity index (χ3n) is 3.67. The Morgan fingerprint density at radius 3 is 2.67 bits per heavy atom. The average molecular weight is 342 g/mol. The molecule has 0 saturated carbocycles. The first-order chi connectivity index (χ1) is 11.5. The minimum atomic E-state index is -2.89. The highest BCUT2D eigenvalue weighted by molar-refractivity contribution is 5.93. The van der Waals surface area contributed by atoms with Gasteiger partial charge in [0, 0.05) is 18.8 Å². The van der Waals surface area contributed by atoms with Gasteiger partial charge in [0.05, 0.1) is 12.5 Å². The normalized spacial score (nSPS) is 17.5. The third kappa shape index (κ3) is 5.07. The van der Waals surface area contributed by atoms with Crippen LogP contribution in [0.15, 0.2) is 24.3 Å². The molecule has 1 aromatic carbocycles. The summed E-state index contributed by atoms with van der Waals surface area (Å²) in [5.74, 6) is -0.527. The highest BCUT2D eigenvalue weighted by Gasteiger charge is 2.29. The average Bonchev–Trinajstić information content (AvgIpc) is 2.56. The number of likely N-dealkylation sites (tertiary alicyclic amines) is 1. The van der Waals surface area contributed by atoms with Gasteiger partial charge in [0.25, 0.3) is 0 Å². The molecule has 0 bridgehead atoms. The summed E-state index contributed by atoms with van der Waals surface area (Å²) in [7, 11) is 0. The summed E-state index contributed by atoms with van der Waals surface area (Å²) >= 11 is 0. The van der Waals surface area contributed by atoms with Crippen molar-refractivity contribution in [3.05, 3.63) is 24.3 Å². The van der Waals surface area contributed by atoms with Gasteiger partial charge >= 0.3 is 12.7 Å². The van der Waals surface area contributed by atoms with Crippen molar-refractivity contribution in [2.24, 2.45) is 5.92 Å². The van der Waals surface area contributed by atoms with Gasteiger partial charge in [-0.05, 0) is 44.0 Å². The van der Waals surface area contributed by atoms with Crippen molar-refractivity contribution in [3.63, 3.8) is 0 Å². The molecular formula is C16H20F2N2O4. The predicted octanol–water partition coefficient (Wildman–Crippen LogP) is 3.10. The van der Waals surface area contributed by atoms with Crippen LogP contribution in [0.3, 0.4) is 0 Å². The second kappa shape index (κ2) is 8.47. The third-order valence-corrected chi connectivity index (χ3v) is 3.67. The molecule has 1 aliphatic rings. The van der Waals surface area contributed by atoms with E-state index in [9.17, 15) is 18.4 Å². The zero-order valence-corrected chi connectivity index (χ0v) is 13.3. The van der Waals surface area contributed by atoms with E-state index in [0.29, 0.717) is 31.8 Å². The molecule has 0 aliphatic carbocycles. The lowest BCUT2D eigenvalue weighted by atomic mass is 9.97. The van der Waals surface area contributed by atoms with Gasteiger partial charge in [-0.2, -0.15) is 8.78 Å². The van der Waals surface area contributed by atoms with Gasteiger partial charge in [-0.15, -0.1) is 0 Å². The largest absolute Gasteiger partial charge is 0.450 e. The van der Waals surface area contributed by atoms with Gasteiger partial charge < -0.3 is 19.7 Å². The lowest BCUT2D eigenvalue weighted by molar-refractivity contribution is -0.121. The van der Waals surface area contributed by atoms with Gasteiger partial charge in [0.2, 0.25) is 5.91 Å². The Labute approximate surface area is 138 Å². The Morgan fingerprint density at radius 2 is 2.04 bits per heavy atom. The van der Waals surface area contributed by atoms with Crippen molar-refractivity contribution in [1.29, 1.82) is 0 Å². The summed E-state index contributed by atoms with van der Waals surface area (Å²) < 4.78 is 33.4. The minimum absolute atomic E-state index is 0.0224. The van der Waals surface area contributed by atoms with Crippen LogP contribution in [0.1, 0.15) is 19.8 Å². The molecule has 1 aliphatic heterocycles. The van der Waals surface area contributed by atoms with E-state index in [1.807, 2.05) is 0 Å². The molecule has 1 aromatic rings. The van der Waals surface area contributed by atoms with Crippen molar-refractivity contribution >= 4 is 17.7 Å². The number of nitrogens with one attached hydrogen (secondary N) is 1. The quantitative estimate of drug-likeness (QED) is 0.893. The molecular weight excluding hydrogens is 322 g/mol. The van der Waals surface area contributed by atoms with E-state index in [1.54, 1.807) is 6.92 Å². The number of piperidine rings is 1. The highest BCUT2D eigenvalue weighted by atomic mass is 19.3. The zero-order valence-electron chi connectivity index (χ0n) is 13.3. The zero-order chi connectivity index (χ0) is 17.5. The van der Waals surface area contributed by atoms with E-state index in [-0.39, 0.29) is 17.6 Å². The molecule has 1 N–H and O–H groups in total. The second-order valence-electron chi connectivity index (χ2n) is 5.38. The molecule has 1 fully saturated rings. The Bertz CT molecular complexity index is 566. The van der Waals surface area contributed by atoms with E-state index >= 15 is 0 Å². The lowest BCUT2D eigenvalue weighted by Crippen LogP contribution is -2.44. The maximum absolute atomic E-state index is 12.3. The van der Waals surface area contributed by atoms with Crippen molar-refractivity contribution in [3.8, 4) is 5.75 Å². The highest BCUT2D eigenvalue weighted by Crippen LogP contribution is 2.21. The molecule has 2 rings (SSSR count). The maximum Gasteiger partial charge on any atom is 0.409 e. The summed E-state index contributed by atoms with van der Waals surface area (Å²) in [6, 6.07) is 5.68. The van der Waals surface area contributed by atoms with E-state index in [2.05, 4.69) is 10.1 Å². The molecule has 1 saturated heterocycles. The monoisotopic (exact) mass is 342 g/mol. The van der Waals surface area contributed by atoms with Gasteiger partial charge in [-0.1, -0.05) is 0 Å². The fourth-order valence-electron chi connectivity index (χ4n) is 2.54. The molecule has 1 atom stereocenters. The van der Waals surface area contributed by atoms with Crippen LogP contribution < -0.4 is 10.1 Å². The number of hydrogen-bond acceptors (Lipinski definition) is 4. The van der Waals surface area contributed by atoms with Crippen LogP contribution in [0.5, 0.6) is 5.75 Å². The Balaban J connectivity index is 1.90. The first-order valence-electron chi connectivity index (χ1n) is 7.77. The molecule has 24 heavy (non-hydrogen) atoms. The van der Waals surface area contributed by atoms with Crippen molar-refractivity contribution in [2.45, 2.75) is 26.4 Å². The smallest absolute Gasteiger partial charge is 0.409 e. The minimum Gasteiger partial charge on any atom is -0.450 e. The Hall–Kier alpha value is -2.38.